The molecule has 0 bridgehead atoms. The summed E-state index contributed by atoms with van der Waals surface area (Å²) in [6, 6.07) is 0. The first kappa shape index (κ1) is 36.5. The Morgan fingerprint density at radius 3 is 1.72 bits per heavy atom. The lowest BCUT2D eigenvalue weighted by atomic mass is 9.96. The summed E-state index contributed by atoms with van der Waals surface area (Å²) in [7, 11) is 0. The largest absolute Gasteiger partial charge is 0.379 e. The molecule has 1 atom stereocenters. The van der Waals surface area contributed by atoms with Gasteiger partial charge in [0, 0.05) is 48.4 Å². The van der Waals surface area contributed by atoms with Crippen LogP contribution in [0.4, 0.5) is 0 Å². The zero-order valence-electron chi connectivity index (χ0n) is 23.2. The highest BCUT2D eigenvalue weighted by molar-refractivity contribution is 5.80. The van der Waals surface area contributed by atoms with Crippen LogP contribution in [0.25, 0.3) is 20.9 Å². The molecule has 0 aromatic rings. The smallest absolute Gasteiger partial charge is 0.245 e. The van der Waals surface area contributed by atoms with Crippen molar-refractivity contribution >= 4 is 11.7 Å². The van der Waals surface area contributed by atoms with Gasteiger partial charge in [0.25, 0.3) is 0 Å². The molecule has 0 saturated carbocycles. The van der Waals surface area contributed by atoms with Gasteiger partial charge in [-0.3, -0.25) is 9.59 Å². The number of carbonyl (C=O) groups excluding carboxylic acids is 2. The average Bonchev–Trinajstić information content (AvgIpc) is 2.93. The van der Waals surface area contributed by atoms with Gasteiger partial charge in [-0.25, -0.2) is 0 Å². The summed E-state index contributed by atoms with van der Waals surface area (Å²) in [6.07, 6.45) is 3.62. The molecule has 1 N–H and O–H groups in total. The number of ketones is 1. The highest BCUT2D eigenvalue weighted by atomic mass is 16.5. The monoisotopic (exact) mass is 559 g/mol. The standard InChI is InChI=1S/C24H45N7O8/c1-22(23(32)6-4-10-34-13-16-37-17-14-35-11-8-28-30-25)5-2-3-7-27-24(33)21-39-20-19-38-18-15-36-12-9-29-31-26/h22H,2-21H2,1H3,(H,27,33)/t22-/m0/s1. The number of rotatable bonds is 30. The molecule has 0 aliphatic carbocycles. The summed E-state index contributed by atoms with van der Waals surface area (Å²) in [4.78, 5) is 29.3. The van der Waals surface area contributed by atoms with E-state index >= 15 is 0 Å². The molecule has 224 valence electrons. The van der Waals surface area contributed by atoms with Crippen molar-refractivity contribution in [1.29, 1.82) is 0 Å². The van der Waals surface area contributed by atoms with Gasteiger partial charge in [0.2, 0.25) is 5.91 Å². The van der Waals surface area contributed by atoms with Crippen LogP contribution in [0.15, 0.2) is 10.2 Å². The molecule has 15 heteroatoms. The second-order valence-electron chi connectivity index (χ2n) is 8.34. The molecule has 0 unspecified atom stereocenters. The number of hydrogen-bond acceptors (Lipinski definition) is 10. The molecule has 0 spiro atoms. The molecule has 1 amide bonds. The van der Waals surface area contributed by atoms with E-state index in [-0.39, 0.29) is 24.2 Å². The molecule has 15 nitrogen and oxygen atoms in total. The molecule has 0 aliphatic rings. The van der Waals surface area contributed by atoms with Crippen molar-refractivity contribution in [2.75, 3.05) is 98.9 Å². The second kappa shape index (κ2) is 30.1. The lowest BCUT2D eigenvalue weighted by Gasteiger charge is -2.11. The van der Waals surface area contributed by atoms with Gasteiger partial charge >= 0.3 is 0 Å². The third kappa shape index (κ3) is 28.4. The molecule has 0 radical (unpaired) electrons. The summed E-state index contributed by atoms with van der Waals surface area (Å²) in [5.74, 6) is 0.0382. The summed E-state index contributed by atoms with van der Waals surface area (Å²) in [6.45, 7) is 7.59. The van der Waals surface area contributed by atoms with E-state index in [1.54, 1.807) is 0 Å². The van der Waals surface area contributed by atoms with Crippen LogP contribution in [0.5, 0.6) is 0 Å². The van der Waals surface area contributed by atoms with Crippen molar-refractivity contribution in [2.45, 2.75) is 39.0 Å². The van der Waals surface area contributed by atoms with Crippen LogP contribution < -0.4 is 5.32 Å². The Morgan fingerprint density at radius 2 is 1.18 bits per heavy atom. The molecular formula is C24H45N7O8. The van der Waals surface area contributed by atoms with E-state index in [4.69, 9.17) is 39.5 Å². The van der Waals surface area contributed by atoms with Crippen LogP contribution in [-0.4, -0.2) is 111 Å². The Balaban J connectivity index is 3.42. The maximum atomic E-state index is 12.3. The van der Waals surface area contributed by atoms with Gasteiger partial charge in [0.1, 0.15) is 12.4 Å². The van der Waals surface area contributed by atoms with E-state index in [9.17, 15) is 9.59 Å². The van der Waals surface area contributed by atoms with Gasteiger partial charge in [-0.05, 0) is 30.3 Å². The molecule has 0 rings (SSSR count). The zero-order valence-corrected chi connectivity index (χ0v) is 23.2. The van der Waals surface area contributed by atoms with Crippen molar-refractivity contribution in [2.24, 2.45) is 16.1 Å². The molecule has 0 aliphatic heterocycles. The predicted molar refractivity (Wildman–Crippen MR) is 143 cm³/mol. The quantitative estimate of drug-likeness (QED) is 0.0599. The van der Waals surface area contributed by atoms with Crippen molar-refractivity contribution in [1.82, 2.24) is 5.32 Å². The van der Waals surface area contributed by atoms with Crippen molar-refractivity contribution in [3.8, 4) is 0 Å². The predicted octanol–water partition coefficient (Wildman–Crippen LogP) is 2.98. The Morgan fingerprint density at radius 1 is 0.692 bits per heavy atom. The number of amides is 1. The molecule has 0 aromatic carbocycles. The van der Waals surface area contributed by atoms with Crippen LogP contribution in [0.1, 0.15) is 39.0 Å². The van der Waals surface area contributed by atoms with Crippen LogP contribution in [0, 0.1) is 5.92 Å². The summed E-state index contributed by atoms with van der Waals surface area (Å²) >= 11 is 0. The zero-order chi connectivity index (χ0) is 28.7. The molecule has 0 saturated heterocycles. The van der Waals surface area contributed by atoms with E-state index in [1.165, 1.54) is 0 Å². The number of unbranched alkanes of at least 4 members (excludes halogenated alkanes) is 1. The number of azide groups is 2. The topological polar surface area (TPSA) is 199 Å². The minimum atomic E-state index is -0.179. The van der Waals surface area contributed by atoms with Gasteiger partial charge in [-0.1, -0.05) is 23.6 Å². The van der Waals surface area contributed by atoms with Crippen molar-refractivity contribution in [3.63, 3.8) is 0 Å². The lowest BCUT2D eigenvalue weighted by molar-refractivity contribution is -0.126. The van der Waals surface area contributed by atoms with E-state index in [0.717, 1.165) is 19.3 Å². The second-order valence-corrected chi connectivity index (χ2v) is 8.34. The van der Waals surface area contributed by atoms with E-state index in [2.05, 4.69) is 25.4 Å². The first-order valence-electron chi connectivity index (χ1n) is 13.4. The fourth-order valence-corrected chi connectivity index (χ4v) is 3.06. The number of nitrogens with one attached hydrogen (secondary N) is 1. The Bertz CT molecular complexity index is 704. The normalized spacial score (nSPS) is 11.4. The average molecular weight is 560 g/mol. The molecule has 39 heavy (non-hydrogen) atoms. The molecule has 0 heterocycles. The van der Waals surface area contributed by atoms with Crippen LogP contribution in [0.2, 0.25) is 0 Å². The fourth-order valence-electron chi connectivity index (χ4n) is 3.06. The molecule has 0 aromatic heterocycles. The minimum absolute atomic E-state index is 0.0114. The van der Waals surface area contributed by atoms with E-state index in [1.807, 2.05) is 6.92 Å². The Hall–Kier alpha value is -2.48. The van der Waals surface area contributed by atoms with Crippen LogP contribution in [0.3, 0.4) is 0 Å². The minimum Gasteiger partial charge on any atom is -0.379 e. The third-order valence-corrected chi connectivity index (χ3v) is 5.17. The van der Waals surface area contributed by atoms with Gasteiger partial charge in [-0.2, -0.15) is 0 Å². The van der Waals surface area contributed by atoms with Gasteiger partial charge < -0.3 is 33.7 Å². The van der Waals surface area contributed by atoms with Gasteiger partial charge in [0.15, 0.2) is 0 Å². The number of carbonyl (C=O) groups is 2. The number of hydrogen-bond donors (Lipinski definition) is 1. The summed E-state index contributed by atoms with van der Waals surface area (Å²) in [5.41, 5.74) is 16.3. The van der Waals surface area contributed by atoms with Crippen LogP contribution in [-0.2, 0) is 38.0 Å². The maximum absolute atomic E-state index is 12.3. The third-order valence-electron chi connectivity index (χ3n) is 5.17. The maximum Gasteiger partial charge on any atom is 0.245 e. The van der Waals surface area contributed by atoms with Gasteiger partial charge in [-0.15, -0.1) is 0 Å². The number of nitrogens with zero attached hydrogens (tertiary/aromatic N) is 6. The van der Waals surface area contributed by atoms with Crippen molar-refractivity contribution < 1.29 is 38.0 Å². The highest BCUT2D eigenvalue weighted by Crippen LogP contribution is 2.12. The van der Waals surface area contributed by atoms with Crippen LogP contribution >= 0.6 is 0 Å². The number of Topliss-reactive ketones (excluding diaryl/α,β-unsaturated/α-hetero) is 1. The van der Waals surface area contributed by atoms with E-state index in [0.29, 0.717) is 105 Å². The van der Waals surface area contributed by atoms with Gasteiger partial charge in [0.05, 0.1) is 66.1 Å². The Labute approximate surface area is 230 Å². The number of ether oxygens (including phenoxy) is 6. The van der Waals surface area contributed by atoms with E-state index < -0.39 is 0 Å². The SMILES string of the molecule is C[C@@H](CCCCNC(=O)COCCOCCOCCN=[N+]=[N-])C(=O)CCCOCCOCCOCCN=[N+]=[N-]. The highest BCUT2D eigenvalue weighted by Gasteiger charge is 2.12. The fraction of sp³-hybridized carbons (Fsp3) is 0.917. The first-order chi connectivity index (χ1) is 19.1. The molecular weight excluding hydrogens is 514 g/mol. The Kier molecular flexibility index (Phi) is 28.2. The molecule has 0 fully saturated rings. The first-order valence-corrected chi connectivity index (χ1v) is 13.4. The summed E-state index contributed by atoms with van der Waals surface area (Å²) in [5, 5.41) is 9.52. The van der Waals surface area contributed by atoms with Crippen molar-refractivity contribution in [3.05, 3.63) is 20.9 Å². The lowest BCUT2D eigenvalue weighted by Crippen LogP contribution is -2.29. The summed E-state index contributed by atoms with van der Waals surface area (Å²) < 4.78 is 31.8.